The predicted molar refractivity (Wildman–Crippen MR) is 169 cm³/mol. The van der Waals surface area contributed by atoms with Crippen LogP contribution in [0.1, 0.15) is 44.9 Å². The highest BCUT2D eigenvalue weighted by Gasteiger charge is 2.30. The van der Waals surface area contributed by atoms with Crippen LogP contribution in [0.3, 0.4) is 0 Å². The average Bonchev–Trinajstić information content (AvgIpc) is 3.72. The fraction of sp³-hybridized carbons (Fsp3) is 0.630. The SMILES string of the molecule is CC(C)[C@H](CO)Nc1nc(Cl)nc2c1S(=O)CC2.CC(C)[C@H](CO)Nc1nc(N2CCn3cnnc3C2)nc2c1S(=O)CC2. The van der Waals surface area contributed by atoms with Crippen LogP contribution < -0.4 is 15.5 Å². The average molecular weight is 667 g/mol. The van der Waals surface area contributed by atoms with E-state index in [1.165, 1.54) is 0 Å². The quantitative estimate of drug-likeness (QED) is 0.241. The topological polar surface area (TPSA) is 184 Å². The Morgan fingerprint density at radius 1 is 0.864 bits per heavy atom. The summed E-state index contributed by atoms with van der Waals surface area (Å²) in [6.07, 6.45) is 3.08. The van der Waals surface area contributed by atoms with E-state index in [9.17, 15) is 18.6 Å². The minimum Gasteiger partial charge on any atom is -0.394 e. The van der Waals surface area contributed by atoms with Gasteiger partial charge in [-0.1, -0.05) is 27.7 Å². The molecule has 0 fully saturated rings. The first-order valence-electron chi connectivity index (χ1n) is 14.7. The second-order valence-electron chi connectivity index (χ2n) is 11.6. The smallest absolute Gasteiger partial charge is 0.228 e. The molecule has 14 nitrogen and oxygen atoms in total. The van der Waals surface area contributed by atoms with Crippen molar-refractivity contribution in [2.24, 2.45) is 11.8 Å². The lowest BCUT2D eigenvalue weighted by molar-refractivity contribution is 0.248. The Morgan fingerprint density at radius 3 is 2.00 bits per heavy atom. The van der Waals surface area contributed by atoms with Crippen LogP contribution >= 0.6 is 11.6 Å². The van der Waals surface area contributed by atoms with Crippen molar-refractivity contribution >= 4 is 50.8 Å². The summed E-state index contributed by atoms with van der Waals surface area (Å²) in [4.78, 5) is 21.0. The fourth-order valence-corrected chi connectivity index (χ4v) is 7.94. The van der Waals surface area contributed by atoms with E-state index in [4.69, 9.17) is 11.6 Å². The lowest BCUT2D eigenvalue weighted by Gasteiger charge is -2.28. The maximum Gasteiger partial charge on any atom is 0.228 e. The van der Waals surface area contributed by atoms with Crippen LogP contribution in [-0.4, -0.2) is 96.7 Å². The van der Waals surface area contributed by atoms with Crippen molar-refractivity contribution in [2.45, 2.75) is 75.5 Å². The molecule has 0 saturated heterocycles. The molecule has 0 amide bonds. The number of aliphatic hydroxyl groups excluding tert-OH is 2. The molecule has 6 rings (SSSR count). The first-order chi connectivity index (χ1) is 21.1. The second kappa shape index (κ2) is 14.1. The summed E-state index contributed by atoms with van der Waals surface area (Å²) < 4.78 is 26.4. The van der Waals surface area contributed by atoms with Crippen LogP contribution in [0.4, 0.5) is 17.6 Å². The van der Waals surface area contributed by atoms with Crippen molar-refractivity contribution in [3.63, 3.8) is 0 Å². The molecule has 0 spiro atoms. The number of aromatic nitrogens is 7. The molecule has 0 aliphatic carbocycles. The molecule has 4 N–H and O–H groups in total. The highest BCUT2D eigenvalue weighted by Crippen LogP contribution is 2.32. The summed E-state index contributed by atoms with van der Waals surface area (Å²) in [6, 6.07) is -0.290. The Balaban J connectivity index is 0.000000187. The normalized spacial score (nSPS) is 20.1. The molecule has 3 aliphatic heterocycles. The third-order valence-corrected chi connectivity index (χ3v) is 11.0. The van der Waals surface area contributed by atoms with Crippen molar-refractivity contribution in [1.82, 2.24) is 34.7 Å². The van der Waals surface area contributed by atoms with Crippen LogP contribution in [0.25, 0.3) is 0 Å². The van der Waals surface area contributed by atoms with E-state index in [2.05, 4.69) is 45.7 Å². The van der Waals surface area contributed by atoms with Gasteiger partial charge in [0.1, 0.15) is 27.8 Å². The molecule has 0 aromatic carbocycles. The zero-order chi connectivity index (χ0) is 31.5. The van der Waals surface area contributed by atoms with Gasteiger partial charge in [-0.05, 0) is 23.4 Å². The Bertz CT molecular complexity index is 1540. The minimum atomic E-state index is -1.10. The van der Waals surface area contributed by atoms with Gasteiger partial charge >= 0.3 is 0 Å². The van der Waals surface area contributed by atoms with Crippen molar-refractivity contribution in [3.8, 4) is 0 Å². The van der Waals surface area contributed by atoms with Gasteiger partial charge in [0.25, 0.3) is 0 Å². The van der Waals surface area contributed by atoms with Crippen molar-refractivity contribution < 1.29 is 18.6 Å². The molecule has 4 atom stereocenters. The number of nitrogens with zero attached hydrogens (tertiary/aromatic N) is 8. The highest BCUT2D eigenvalue weighted by molar-refractivity contribution is 7.85. The monoisotopic (exact) mass is 666 g/mol. The zero-order valence-electron chi connectivity index (χ0n) is 25.2. The summed E-state index contributed by atoms with van der Waals surface area (Å²) in [6.45, 7) is 10.2. The standard InChI is InChI=1S/C16H23N7O2S.C11H16ClN3O2S/c1-10(2)12(8-24)18-15-14-11(3-6-26(14)25)19-16(20-15)22-4-5-23-9-17-21-13(23)7-22;1-6(2)8(5-16)13-10-9-7(3-4-18(9)17)14-11(12)15-10/h9-10,12,24H,3-8H2,1-2H3,(H,18,19,20);6,8,16H,3-5H2,1-2H3,(H,13,14,15)/t12-,26?;8-,18?/m00/s1. The largest absolute Gasteiger partial charge is 0.394 e. The number of halogens is 1. The van der Waals surface area contributed by atoms with Crippen LogP contribution in [0.15, 0.2) is 16.1 Å². The summed E-state index contributed by atoms with van der Waals surface area (Å²) in [5.74, 6) is 4.15. The molecule has 3 aliphatic rings. The van der Waals surface area contributed by atoms with Crippen LogP contribution in [0, 0.1) is 11.8 Å². The van der Waals surface area contributed by atoms with Gasteiger partial charge in [-0.3, -0.25) is 8.42 Å². The van der Waals surface area contributed by atoms with Crippen LogP contribution in [0.5, 0.6) is 0 Å². The van der Waals surface area contributed by atoms with E-state index in [1.807, 2.05) is 32.3 Å². The molecule has 6 heterocycles. The van der Waals surface area contributed by atoms with Crippen LogP contribution in [0.2, 0.25) is 5.28 Å². The number of nitrogens with one attached hydrogen (secondary N) is 2. The lowest BCUT2D eigenvalue weighted by Crippen LogP contribution is -2.35. The Hall–Kier alpha value is -2.79. The maximum absolute atomic E-state index is 12.4. The molecule has 17 heteroatoms. The zero-order valence-corrected chi connectivity index (χ0v) is 27.6. The number of aliphatic hydroxyl groups is 2. The molecule has 0 bridgehead atoms. The van der Waals surface area contributed by atoms with Crippen molar-refractivity contribution in [2.75, 3.05) is 46.8 Å². The van der Waals surface area contributed by atoms with E-state index in [1.54, 1.807) is 6.33 Å². The number of anilines is 3. The minimum absolute atomic E-state index is 0.00870. The fourth-order valence-electron chi connectivity index (χ4n) is 5.12. The van der Waals surface area contributed by atoms with E-state index in [0.29, 0.717) is 58.3 Å². The molecule has 0 radical (unpaired) electrons. The number of fused-ring (bicyclic) bond motifs is 3. The van der Waals surface area contributed by atoms with Crippen molar-refractivity contribution in [1.29, 1.82) is 0 Å². The molecule has 3 aromatic heterocycles. The molecule has 44 heavy (non-hydrogen) atoms. The molecular formula is C27H39ClN10O4S2. The Labute approximate surface area is 266 Å². The number of hydrogen-bond donors (Lipinski definition) is 4. The van der Waals surface area contributed by atoms with Gasteiger partial charge in [-0.2, -0.15) is 9.97 Å². The Morgan fingerprint density at radius 2 is 1.43 bits per heavy atom. The Kier molecular flexibility index (Phi) is 10.4. The molecule has 0 saturated carbocycles. The van der Waals surface area contributed by atoms with Crippen LogP contribution in [-0.2, 0) is 47.5 Å². The van der Waals surface area contributed by atoms with E-state index < -0.39 is 21.6 Å². The number of hydrogen-bond acceptors (Lipinski definition) is 13. The van der Waals surface area contributed by atoms with Gasteiger partial charge in [0, 0.05) is 37.4 Å². The van der Waals surface area contributed by atoms with E-state index >= 15 is 0 Å². The first-order valence-corrected chi connectivity index (χ1v) is 17.7. The third-order valence-electron chi connectivity index (χ3n) is 7.91. The maximum atomic E-state index is 12.4. The van der Waals surface area contributed by atoms with Gasteiger partial charge in [-0.15, -0.1) is 10.2 Å². The van der Waals surface area contributed by atoms with Gasteiger partial charge < -0.3 is 30.3 Å². The van der Waals surface area contributed by atoms with Gasteiger partial charge in [-0.25, -0.2) is 9.97 Å². The predicted octanol–water partition coefficient (Wildman–Crippen LogP) is 1.40. The van der Waals surface area contributed by atoms with Gasteiger partial charge in [0.15, 0.2) is 5.82 Å². The van der Waals surface area contributed by atoms with Gasteiger partial charge in [0.05, 0.1) is 64.8 Å². The molecule has 240 valence electrons. The summed E-state index contributed by atoms with van der Waals surface area (Å²) >= 11 is 5.86. The van der Waals surface area contributed by atoms with E-state index in [-0.39, 0.29) is 42.4 Å². The summed E-state index contributed by atoms with van der Waals surface area (Å²) in [7, 11) is -2.18. The second-order valence-corrected chi connectivity index (χ2v) is 14.9. The summed E-state index contributed by atoms with van der Waals surface area (Å²) in [5, 5.41) is 33.7. The lowest BCUT2D eigenvalue weighted by atomic mass is 10.1. The molecule has 2 unspecified atom stereocenters. The highest BCUT2D eigenvalue weighted by atomic mass is 35.5. The van der Waals surface area contributed by atoms with Crippen molar-refractivity contribution in [3.05, 3.63) is 28.8 Å². The third kappa shape index (κ3) is 7.03. The van der Waals surface area contributed by atoms with Gasteiger partial charge in [0.2, 0.25) is 11.2 Å². The van der Waals surface area contributed by atoms with E-state index in [0.717, 1.165) is 30.3 Å². The molecular weight excluding hydrogens is 628 g/mol. The number of aryl methyl sites for hydroxylation is 2. The first kappa shape index (κ1) is 32.6. The number of rotatable bonds is 9. The molecule has 3 aromatic rings. The summed E-state index contributed by atoms with van der Waals surface area (Å²) in [5.41, 5.74) is 1.58.